The summed E-state index contributed by atoms with van der Waals surface area (Å²) in [6, 6.07) is 59.4. The van der Waals surface area contributed by atoms with Crippen molar-refractivity contribution in [2.75, 3.05) is 4.90 Å². The summed E-state index contributed by atoms with van der Waals surface area (Å²) in [6.07, 6.45) is 0. The minimum atomic E-state index is 0.607. The lowest BCUT2D eigenvalue weighted by Crippen LogP contribution is -2.19. The van der Waals surface area contributed by atoms with E-state index in [0.717, 1.165) is 49.9 Å². The Morgan fingerprint density at radius 2 is 1.04 bits per heavy atom. The van der Waals surface area contributed by atoms with Gasteiger partial charge >= 0.3 is 0 Å². The zero-order valence-corrected chi connectivity index (χ0v) is 30.1. The Bertz CT molecular complexity index is 3260. The molecule has 11 aromatic rings. The van der Waals surface area contributed by atoms with Crippen LogP contribution in [-0.2, 0) is 0 Å². The van der Waals surface area contributed by atoms with Gasteiger partial charge < -0.3 is 4.57 Å². The molecule has 0 atom stereocenters. The van der Waals surface area contributed by atoms with Gasteiger partial charge in [0, 0.05) is 54.0 Å². The van der Waals surface area contributed by atoms with Gasteiger partial charge in [0.05, 0.1) is 22.4 Å². The second kappa shape index (κ2) is 11.6. The van der Waals surface area contributed by atoms with Crippen LogP contribution in [0.15, 0.2) is 170 Å². The maximum absolute atomic E-state index is 5.60. The van der Waals surface area contributed by atoms with Crippen LogP contribution in [-0.4, -0.2) is 24.5 Å². The molecule has 7 aromatic carbocycles. The highest BCUT2D eigenvalue weighted by Crippen LogP contribution is 2.54. The minimum Gasteiger partial charge on any atom is -0.303 e. The average molecular weight is 721 g/mol. The number of fused-ring (bicyclic) bond motifs is 11. The number of hydrogen-bond donors (Lipinski definition) is 0. The Kier molecular flexibility index (Phi) is 6.40. The van der Waals surface area contributed by atoms with Crippen molar-refractivity contribution in [2.45, 2.75) is 0 Å². The Morgan fingerprint density at radius 3 is 1.76 bits per heavy atom. The van der Waals surface area contributed by atoms with Crippen LogP contribution < -0.4 is 4.90 Å². The smallest absolute Gasteiger partial charge is 0.164 e. The first-order chi connectivity index (χ1) is 27.3. The molecule has 256 valence electrons. The molecule has 0 amide bonds. The van der Waals surface area contributed by atoms with Gasteiger partial charge in [0.25, 0.3) is 0 Å². The van der Waals surface area contributed by atoms with Crippen LogP contribution in [0.4, 0.5) is 17.2 Å². The summed E-state index contributed by atoms with van der Waals surface area (Å²) in [6.45, 7) is 0. The molecule has 55 heavy (non-hydrogen) atoms. The number of rotatable bonds is 4. The van der Waals surface area contributed by atoms with Gasteiger partial charge in [-0.1, -0.05) is 133 Å². The summed E-state index contributed by atoms with van der Waals surface area (Å²) in [7, 11) is 0. The van der Waals surface area contributed by atoms with E-state index in [9.17, 15) is 0 Å². The predicted octanol–water partition coefficient (Wildman–Crippen LogP) is 12.7. The minimum absolute atomic E-state index is 0.607. The van der Waals surface area contributed by atoms with Crippen LogP contribution in [0.2, 0.25) is 0 Å². The number of hydrogen-bond acceptors (Lipinski definition) is 6. The zero-order chi connectivity index (χ0) is 36.0. The van der Waals surface area contributed by atoms with Gasteiger partial charge in [0.2, 0.25) is 0 Å². The third kappa shape index (κ3) is 4.48. The number of thiophene rings is 1. The topological polar surface area (TPSA) is 59.7 Å². The zero-order valence-electron chi connectivity index (χ0n) is 29.3. The molecule has 12 rings (SSSR count). The molecule has 1 aliphatic rings. The van der Waals surface area contributed by atoms with E-state index < -0.39 is 0 Å². The fraction of sp³-hybridized carbons (Fsp3) is 0. The van der Waals surface area contributed by atoms with Crippen molar-refractivity contribution in [2.24, 2.45) is 0 Å². The third-order valence-corrected chi connectivity index (χ3v) is 11.8. The molecule has 5 heterocycles. The van der Waals surface area contributed by atoms with Crippen LogP contribution in [0.1, 0.15) is 0 Å². The van der Waals surface area contributed by atoms with Crippen LogP contribution >= 0.6 is 11.3 Å². The molecule has 0 saturated heterocycles. The van der Waals surface area contributed by atoms with Crippen molar-refractivity contribution in [3.63, 3.8) is 0 Å². The fourth-order valence-corrected chi connectivity index (χ4v) is 9.41. The number of anilines is 3. The molecule has 6 nitrogen and oxygen atoms in total. The molecule has 0 N–H and O–H groups in total. The van der Waals surface area contributed by atoms with Crippen LogP contribution in [0.5, 0.6) is 0 Å². The highest BCUT2D eigenvalue weighted by Gasteiger charge is 2.33. The van der Waals surface area contributed by atoms with E-state index in [0.29, 0.717) is 17.5 Å². The van der Waals surface area contributed by atoms with Crippen molar-refractivity contribution in [3.8, 4) is 39.9 Å². The lowest BCUT2D eigenvalue weighted by molar-refractivity contribution is 1.07. The number of nitrogens with zero attached hydrogens (tertiary/aromatic N) is 6. The third-order valence-electron chi connectivity index (χ3n) is 10.7. The van der Waals surface area contributed by atoms with Crippen molar-refractivity contribution >= 4 is 81.4 Å². The van der Waals surface area contributed by atoms with E-state index in [4.69, 9.17) is 19.9 Å². The molecule has 0 bridgehead atoms. The fourth-order valence-electron chi connectivity index (χ4n) is 8.33. The predicted molar refractivity (Wildman–Crippen MR) is 227 cm³/mol. The molecule has 0 aliphatic carbocycles. The molecule has 0 radical (unpaired) electrons. The lowest BCUT2D eigenvalue weighted by atomic mass is 10.0. The van der Waals surface area contributed by atoms with Gasteiger partial charge in [-0.25, -0.2) is 19.9 Å². The molecule has 0 spiro atoms. The number of para-hydroxylation sites is 1. The van der Waals surface area contributed by atoms with Gasteiger partial charge in [-0.2, -0.15) is 0 Å². The van der Waals surface area contributed by atoms with Crippen molar-refractivity contribution in [3.05, 3.63) is 170 Å². The molecule has 0 saturated carbocycles. The molecular formula is C48H28N6S. The Labute approximate surface area is 319 Å². The summed E-state index contributed by atoms with van der Waals surface area (Å²) in [4.78, 5) is 24.1. The normalized spacial score (nSPS) is 12.3. The van der Waals surface area contributed by atoms with Gasteiger partial charge in [0.15, 0.2) is 23.3 Å². The van der Waals surface area contributed by atoms with Crippen LogP contribution in [0.25, 0.3) is 92.7 Å². The van der Waals surface area contributed by atoms with E-state index in [2.05, 4.69) is 119 Å². The monoisotopic (exact) mass is 720 g/mol. The van der Waals surface area contributed by atoms with E-state index >= 15 is 0 Å². The Balaban J connectivity index is 1.20. The quantitative estimate of drug-likeness (QED) is 0.181. The summed E-state index contributed by atoms with van der Waals surface area (Å²) in [5.74, 6) is 2.77. The summed E-state index contributed by atoms with van der Waals surface area (Å²) in [5.41, 5.74) is 8.14. The van der Waals surface area contributed by atoms with E-state index in [1.165, 1.54) is 42.5 Å². The van der Waals surface area contributed by atoms with Crippen molar-refractivity contribution in [1.29, 1.82) is 0 Å². The Hall–Kier alpha value is -7.22. The first-order valence-electron chi connectivity index (χ1n) is 18.3. The average Bonchev–Trinajstić information content (AvgIpc) is 3.81. The second-order valence-electron chi connectivity index (χ2n) is 13.9. The van der Waals surface area contributed by atoms with Crippen LogP contribution in [0, 0.1) is 0 Å². The lowest BCUT2D eigenvalue weighted by Gasteiger charge is -2.32. The van der Waals surface area contributed by atoms with E-state index in [-0.39, 0.29) is 0 Å². The SMILES string of the molecule is c1ccc(-c2nc(-c3ccccc3)nc(-c3ccc4c(c3)N(c3ccccc3)c3nc5sc6ccccc6c5c5c6ccc7ccccc7c6n-4c35)n2)cc1. The summed E-state index contributed by atoms with van der Waals surface area (Å²) in [5, 5.41) is 7.29. The molecule has 4 aromatic heterocycles. The summed E-state index contributed by atoms with van der Waals surface area (Å²) < 4.78 is 3.69. The number of benzene rings is 7. The molecule has 0 unspecified atom stereocenters. The van der Waals surface area contributed by atoms with Crippen LogP contribution in [0.3, 0.4) is 0 Å². The molecule has 0 fully saturated rings. The molecule has 7 heteroatoms. The number of aromatic nitrogens is 5. The van der Waals surface area contributed by atoms with Crippen molar-refractivity contribution in [1.82, 2.24) is 24.5 Å². The first-order valence-corrected chi connectivity index (χ1v) is 19.1. The van der Waals surface area contributed by atoms with Crippen molar-refractivity contribution < 1.29 is 0 Å². The number of pyridine rings is 1. The summed E-state index contributed by atoms with van der Waals surface area (Å²) >= 11 is 1.76. The largest absolute Gasteiger partial charge is 0.303 e. The van der Waals surface area contributed by atoms with E-state index in [1.54, 1.807) is 11.3 Å². The maximum atomic E-state index is 5.60. The second-order valence-corrected chi connectivity index (χ2v) is 14.9. The molecule has 1 aliphatic heterocycles. The standard InChI is InChI=1S/C48H28N6S/c1-4-15-30(16-5-1)44-49-45(31-17-6-2-7-18-31)51-46(50-44)32-25-27-37-38(28-32)53(33-19-8-3-9-20-33)47-43-40(41-35-22-12-13-23-39(35)55-48(41)52-47)36-26-24-29-14-10-11-21-34(29)42(36)54(37)43/h1-28H. The first kappa shape index (κ1) is 30.3. The Morgan fingerprint density at radius 1 is 0.418 bits per heavy atom. The molecular weight excluding hydrogens is 693 g/mol. The van der Waals surface area contributed by atoms with Gasteiger partial charge in [-0.05, 0) is 41.8 Å². The van der Waals surface area contributed by atoms with E-state index in [1.807, 2.05) is 60.7 Å². The van der Waals surface area contributed by atoms with Gasteiger partial charge in [-0.3, -0.25) is 4.90 Å². The maximum Gasteiger partial charge on any atom is 0.164 e. The highest BCUT2D eigenvalue weighted by molar-refractivity contribution is 7.25. The highest BCUT2D eigenvalue weighted by atomic mass is 32.1. The van der Waals surface area contributed by atoms with Gasteiger partial charge in [-0.15, -0.1) is 11.3 Å². The van der Waals surface area contributed by atoms with Gasteiger partial charge in [0.1, 0.15) is 4.83 Å².